The van der Waals surface area contributed by atoms with Gasteiger partial charge in [0.15, 0.2) is 0 Å². The van der Waals surface area contributed by atoms with E-state index in [1.165, 1.54) is 32.1 Å². The number of hydrogen-bond donors (Lipinski definition) is 1. The van der Waals surface area contributed by atoms with Crippen LogP contribution in [-0.4, -0.2) is 36.4 Å². The van der Waals surface area contributed by atoms with Crippen molar-refractivity contribution < 1.29 is 14.3 Å². The van der Waals surface area contributed by atoms with Gasteiger partial charge in [0.25, 0.3) is 0 Å². The number of carbonyl (C=O) groups is 2. The zero-order valence-corrected chi connectivity index (χ0v) is 16.8. The Labute approximate surface area is 167 Å². The molecule has 0 aromatic heterocycles. The summed E-state index contributed by atoms with van der Waals surface area (Å²) in [5.74, 6) is 2.20. The molecule has 0 unspecified atom stereocenters. The molecular formula is C23H32N2O3. The van der Waals surface area contributed by atoms with Gasteiger partial charge in [-0.2, -0.15) is 0 Å². The van der Waals surface area contributed by atoms with Crippen molar-refractivity contribution in [3.05, 3.63) is 29.3 Å². The molecule has 3 aliphatic rings. The molecule has 0 saturated heterocycles. The second kappa shape index (κ2) is 8.97. The largest absolute Gasteiger partial charge is 0.491 e. The van der Waals surface area contributed by atoms with Crippen LogP contribution in [0.1, 0.15) is 62.5 Å². The fourth-order valence-corrected chi connectivity index (χ4v) is 4.33. The number of carbonyl (C=O) groups excluding carboxylic acids is 2. The topological polar surface area (TPSA) is 58.6 Å². The Balaban J connectivity index is 1.35. The molecule has 1 aromatic rings. The average molecular weight is 385 g/mol. The predicted molar refractivity (Wildman–Crippen MR) is 108 cm³/mol. The quantitative estimate of drug-likeness (QED) is 0.817. The van der Waals surface area contributed by atoms with Gasteiger partial charge >= 0.3 is 0 Å². The van der Waals surface area contributed by atoms with Crippen molar-refractivity contribution in [3.8, 4) is 5.75 Å². The van der Waals surface area contributed by atoms with Gasteiger partial charge in [-0.05, 0) is 49.7 Å². The molecule has 5 heteroatoms. The molecule has 1 aromatic carbocycles. The average Bonchev–Trinajstić information content (AvgIpc) is 3.57. The zero-order valence-electron chi connectivity index (χ0n) is 16.8. The Kier molecular flexibility index (Phi) is 6.18. The van der Waals surface area contributed by atoms with Crippen LogP contribution in [0.4, 0.5) is 0 Å². The maximum absolute atomic E-state index is 13.0. The molecule has 28 heavy (non-hydrogen) atoms. The number of rotatable bonds is 6. The number of aryl methyl sites for hydroxylation is 1. The summed E-state index contributed by atoms with van der Waals surface area (Å²) in [7, 11) is 0. The number of nitrogens with one attached hydrogen (secondary N) is 1. The highest BCUT2D eigenvalue weighted by Gasteiger charge is 2.28. The second-order valence-corrected chi connectivity index (χ2v) is 8.63. The zero-order chi connectivity index (χ0) is 19.3. The van der Waals surface area contributed by atoms with Crippen LogP contribution in [0.2, 0.25) is 0 Å². The Hall–Kier alpha value is -2.04. The van der Waals surface area contributed by atoms with E-state index in [0.29, 0.717) is 37.9 Å². The molecule has 0 radical (unpaired) electrons. The minimum Gasteiger partial charge on any atom is -0.491 e. The van der Waals surface area contributed by atoms with Gasteiger partial charge in [-0.25, -0.2) is 0 Å². The van der Waals surface area contributed by atoms with Crippen LogP contribution in [0, 0.1) is 11.8 Å². The van der Waals surface area contributed by atoms with E-state index in [4.69, 9.17) is 4.74 Å². The molecule has 2 fully saturated rings. The second-order valence-electron chi connectivity index (χ2n) is 8.63. The van der Waals surface area contributed by atoms with Crippen molar-refractivity contribution in [3.63, 3.8) is 0 Å². The Bertz CT molecular complexity index is 708. The SMILES string of the molecule is O=C(CCc1ccc2c(c1)CN(C(=O)C1CCCCC1)CCO2)NCC1CC1. The molecule has 0 spiro atoms. The minimum absolute atomic E-state index is 0.132. The molecule has 0 atom stereocenters. The summed E-state index contributed by atoms with van der Waals surface area (Å²) >= 11 is 0. The van der Waals surface area contributed by atoms with Crippen LogP contribution in [0.3, 0.4) is 0 Å². The molecule has 1 aliphatic heterocycles. The lowest BCUT2D eigenvalue weighted by atomic mass is 9.88. The normalized spacial score (nSPS) is 20.1. The van der Waals surface area contributed by atoms with E-state index in [1.807, 2.05) is 17.0 Å². The fraction of sp³-hybridized carbons (Fsp3) is 0.652. The van der Waals surface area contributed by atoms with E-state index in [1.54, 1.807) is 0 Å². The molecule has 152 valence electrons. The van der Waals surface area contributed by atoms with E-state index in [-0.39, 0.29) is 11.8 Å². The van der Waals surface area contributed by atoms with Crippen molar-refractivity contribution in [2.45, 2.75) is 64.3 Å². The minimum atomic E-state index is 0.132. The van der Waals surface area contributed by atoms with Gasteiger partial charge in [-0.1, -0.05) is 31.4 Å². The summed E-state index contributed by atoms with van der Waals surface area (Å²) in [6.07, 6.45) is 9.39. The first-order chi connectivity index (χ1) is 13.7. The number of benzene rings is 1. The van der Waals surface area contributed by atoms with Crippen LogP contribution < -0.4 is 10.1 Å². The molecule has 1 N–H and O–H groups in total. The molecule has 2 amide bonds. The summed E-state index contributed by atoms with van der Waals surface area (Å²) in [4.78, 5) is 27.0. The Morgan fingerprint density at radius 3 is 2.71 bits per heavy atom. The van der Waals surface area contributed by atoms with E-state index in [9.17, 15) is 9.59 Å². The third-order valence-electron chi connectivity index (χ3n) is 6.30. The third kappa shape index (κ3) is 5.06. The summed E-state index contributed by atoms with van der Waals surface area (Å²) in [6.45, 7) is 2.65. The first-order valence-corrected chi connectivity index (χ1v) is 11.0. The lowest BCUT2D eigenvalue weighted by molar-refractivity contribution is -0.137. The smallest absolute Gasteiger partial charge is 0.226 e. The van der Waals surface area contributed by atoms with Crippen molar-refractivity contribution >= 4 is 11.8 Å². The molecule has 5 nitrogen and oxygen atoms in total. The molecular weight excluding hydrogens is 352 g/mol. The van der Waals surface area contributed by atoms with Crippen molar-refractivity contribution in [1.82, 2.24) is 10.2 Å². The van der Waals surface area contributed by atoms with E-state index < -0.39 is 0 Å². The first-order valence-electron chi connectivity index (χ1n) is 11.0. The van der Waals surface area contributed by atoms with Crippen molar-refractivity contribution in [1.29, 1.82) is 0 Å². The summed E-state index contributed by atoms with van der Waals surface area (Å²) < 4.78 is 5.90. The molecule has 2 aliphatic carbocycles. The molecule has 1 heterocycles. The Morgan fingerprint density at radius 1 is 1.11 bits per heavy atom. The molecule has 2 saturated carbocycles. The van der Waals surface area contributed by atoms with Gasteiger partial charge in [0, 0.05) is 31.0 Å². The first kappa shape index (κ1) is 19.3. The van der Waals surface area contributed by atoms with Crippen molar-refractivity contribution in [2.75, 3.05) is 19.7 Å². The highest BCUT2D eigenvalue weighted by molar-refractivity contribution is 5.79. The number of fused-ring (bicyclic) bond motifs is 1. The van der Waals surface area contributed by atoms with E-state index in [2.05, 4.69) is 11.4 Å². The summed E-state index contributed by atoms with van der Waals surface area (Å²) in [5.41, 5.74) is 2.20. The monoisotopic (exact) mass is 384 g/mol. The lowest BCUT2D eigenvalue weighted by Crippen LogP contribution is -2.37. The van der Waals surface area contributed by atoms with E-state index in [0.717, 1.165) is 42.7 Å². The number of ether oxygens (including phenoxy) is 1. The maximum Gasteiger partial charge on any atom is 0.226 e. The number of hydrogen-bond acceptors (Lipinski definition) is 3. The molecule has 0 bridgehead atoms. The van der Waals surface area contributed by atoms with Crippen LogP contribution in [0.25, 0.3) is 0 Å². The van der Waals surface area contributed by atoms with Gasteiger partial charge in [0.1, 0.15) is 12.4 Å². The van der Waals surface area contributed by atoms with Crippen LogP contribution in [0.15, 0.2) is 18.2 Å². The van der Waals surface area contributed by atoms with Crippen LogP contribution in [-0.2, 0) is 22.6 Å². The fourth-order valence-electron chi connectivity index (χ4n) is 4.33. The van der Waals surface area contributed by atoms with Gasteiger partial charge < -0.3 is 15.0 Å². The summed E-state index contributed by atoms with van der Waals surface area (Å²) in [6, 6.07) is 6.17. The van der Waals surface area contributed by atoms with Crippen molar-refractivity contribution in [2.24, 2.45) is 11.8 Å². The number of amides is 2. The van der Waals surface area contributed by atoms with Gasteiger partial charge in [0.05, 0.1) is 6.54 Å². The number of nitrogens with zero attached hydrogens (tertiary/aromatic N) is 1. The third-order valence-corrected chi connectivity index (χ3v) is 6.30. The Morgan fingerprint density at radius 2 is 1.93 bits per heavy atom. The van der Waals surface area contributed by atoms with Crippen LogP contribution >= 0.6 is 0 Å². The highest BCUT2D eigenvalue weighted by atomic mass is 16.5. The highest BCUT2D eigenvalue weighted by Crippen LogP contribution is 2.30. The van der Waals surface area contributed by atoms with Gasteiger partial charge in [0.2, 0.25) is 11.8 Å². The van der Waals surface area contributed by atoms with E-state index >= 15 is 0 Å². The predicted octanol–water partition coefficient (Wildman–Crippen LogP) is 3.45. The molecule has 4 rings (SSSR count). The maximum atomic E-state index is 13.0. The van der Waals surface area contributed by atoms with Gasteiger partial charge in [-0.15, -0.1) is 0 Å². The van der Waals surface area contributed by atoms with Gasteiger partial charge in [-0.3, -0.25) is 9.59 Å². The summed E-state index contributed by atoms with van der Waals surface area (Å²) in [5, 5.41) is 3.03. The lowest BCUT2D eigenvalue weighted by Gasteiger charge is -2.28. The standard InChI is InChI=1S/C23H32N2O3/c26-22(24-15-18-6-7-18)11-9-17-8-10-21-20(14-17)16-25(12-13-28-21)23(27)19-4-2-1-3-5-19/h8,10,14,18-19H,1-7,9,11-13,15-16H2,(H,24,26). The van der Waals surface area contributed by atoms with Crippen LogP contribution in [0.5, 0.6) is 5.75 Å².